The van der Waals surface area contributed by atoms with Crippen LogP contribution in [-0.2, 0) is 10.8 Å². The molecule has 0 saturated carbocycles. The minimum absolute atomic E-state index is 0.256. The van der Waals surface area contributed by atoms with Crippen LogP contribution in [0, 0.1) is 0 Å². The van der Waals surface area contributed by atoms with Crippen LogP contribution in [0.25, 0.3) is 10.8 Å². The lowest BCUT2D eigenvalue weighted by atomic mass is 10.2. The maximum absolute atomic E-state index is 12.2. The van der Waals surface area contributed by atoms with E-state index in [-0.39, 0.29) is 5.56 Å². The molecule has 18 heavy (non-hydrogen) atoms. The van der Waals surface area contributed by atoms with Gasteiger partial charge in [-0.05, 0) is 18.2 Å². The van der Waals surface area contributed by atoms with E-state index in [2.05, 4.69) is 20.4 Å². The van der Waals surface area contributed by atoms with Crippen LogP contribution in [0.2, 0.25) is 0 Å². The van der Waals surface area contributed by atoms with Gasteiger partial charge in [0, 0.05) is 16.5 Å². The summed E-state index contributed by atoms with van der Waals surface area (Å²) in [6.07, 6.45) is 4.62. The second-order valence-electron chi connectivity index (χ2n) is 3.65. The van der Waals surface area contributed by atoms with Crippen LogP contribution in [0.15, 0.2) is 51.4 Å². The topological polar surface area (TPSA) is 91.5 Å². The highest BCUT2D eigenvalue weighted by atomic mass is 32.2. The Labute approximate surface area is 104 Å². The lowest BCUT2D eigenvalue weighted by Gasteiger charge is -2.01. The Morgan fingerprint density at radius 3 is 2.78 bits per heavy atom. The third-order valence-corrected chi connectivity index (χ3v) is 3.87. The van der Waals surface area contributed by atoms with Crippen LogP contribution in [0.4, 0.5) is 0 Å². The van der Waals surface area contributed by atoms with E-state index >= 15 is 0 Å². The molecule has 1 unspecified atom stereocenters. The molecule has 0 aliphatic carbocycles. The van der Waals surface area contributed by atoms with Crippen molar-refractivity contribution in [3.05, 3.63) is 47.1 Å². The van der Waals surface area contributed by atoms with Crippen molar-refractivity contribution < 1.29 is 4.21 Å². The summed E-state index contributed by atoms with van der Waals surface area (Å²) in [6, 6.07) is 5.00. The first-order valence-electron chi connectivity index (χ1n) is 5.14. The zero-order chi connectivity index (χ0) is 12.5. The van der Waals surface area contributed by atoms with E-state index in [0.717, 1.165) is 0 Å². The number of hydrogen-bond donors (Lipinski definition) is 2. The molecule has 1 aromatic carbocycles. The number of aromatic nitrogens is 4. The number of H-pyrrole nitrogens is 2. The average Bonchev–Trinajstić information content (AvgIpc) is 2.91. The summed E-state index contributed by atoms with van der Waals surface area (Å²) in [4.78, 5) is 12.7. The van der Waals surface area contributed by atoms with Crippen LogP contribution in [0.1, 0.15) is 0 Å². The van der Waals surface area contributed by atoms with Gasteiger partial charge in [-0.2, -0.15) is 10.2 Å². The molecule has 90 valence electrons. The van der Waals surface area contributed by atoms with Crippen LogP contribution < -0.4 is 5.56 Å². The van der Waals surface area contributed by atoms with E-state index in [4.69, 9.17) is 0 Å². The number of aromatic amines is 2. The molecule has 0 radical (unpaired) electrons. The molecule has 0 spiro atoms. The molecular formula is C11H8N4O2S. The second-order valence-corrected chi connectivity index (χ2v) is 5.13. The number of rotatable bonds is 2. The molecule has 0 aliphatic rings. The third kappa shape index (κ3) is 1.74. The molecule has 0 saturated heterocycles. The first-order valence-corrected chi connectivity index (χ1v) is 6.29. The third-order valence-electron chi connectivity index (χ3n) is 2.54. The van der Waals surface area contributed by atoms with Gasteiger partial charge >= 0.3 is 0 Å². The van der Waals surface area contributed by atoms with E-state index in [1.807, 2.05) is 0 Å². The van der Waals surface area contributed by atoms with Gasteiger partial charge in [0.15, 0.2) is 0 Å². The zero-order valence-corrected chi connectivity index (χ0v) is 9.90. The second kappa shape index (κ2) is 4.19. The molecular weight excluding hydrogens is 252 g/mol. The first kappa shape index (κ1) is 10.8. The number of nitrogens with zero attached hydrogens (tertiary/aromatic N) is 2. The molecule has 0 bridgehead atoms. The Morgan fingerprint density at radius 2 is 2.00 bits per heavy atom. The monoisotopic (exact) mass is 260 g/mol. The Morgan fingerprint density at radius 1 is 1.11 bits per heavy atom. The van der Waals surface area contributed by atoms with Crippen molar-refractivity contribution in [2.75, 3.05) is 0 Å². The molecule has 0 aliphatic heterocycles. The standard InChI is InChI=1S/C11H8N4O2S/c16-11-10-2-1-8(3-7(10)4-14-15-11)18(17)9-5-12-13-6-9/h1-6H,(H,12,13)(H,15,16). The normalized spacial score (nSPS) is 12.7. The van der Waals surface area contributed by atoms with Gasteiger partial charge < -0.3 is 0 Å². The Bertz CT molecular complexity index is 779. The van der Waals surface area contributed by atoms with E-state index in [1.165, 1.54) is 12.4 Å². The number of hydrogen-bond acceptors (Lipinski definition) is 4. The summed E-state index contributed by atoms with van der Waals surface area (Å²) in [5.74, 6) is 0. The van der Waals surface area contributed by atoms with Crippen LogP contribution in [0.5, 0.6) is 0 Å². The Balaban J connectivity index is 2.15. The summed E-state index contributed by atoms with van der Waals surface area (Å²) in [5.41, 5.74) is -0.256. The van der Waals surface area contributed by atoms with Gasteiger partial charge in [0.25, 0.3) is 5.56 Å². The fraction of sp³-hybridized carbons (Fsp3) is 0. The van der Waals surface area contributed by atoms with E-state index in [0.29, 0.717) is 20.6 Å². The van der Waals surface area contributed by atoms with Crippen molar-refractivity contribution in [1.29, 1.82) is 0 Å². The van der Waals surface area contributed by atoms with E-state index < -0.39 is 10.8 Å². The van der Waals surface area contributed by atoms with Gasteiger partial charge in [-0.25, -0.2) is 9.31 Å². The molecule has 3 rings (SSSR count). The predicted molar refractivity (Wildman–Crippen MR) is 65.6 cm³/mol. The van der Waals surface area contributed by atoms with Crippen molar-refractivity contribution in [2.45, 2.75) is 9.79 Å². The van der Waals surface area contributed by atoms with Gasteiger partial charge in [0.05, 0.1) is 33.5 Å². The zero-order valence-electron chi connectivity index (χ0n) is 9.08. The van der Waals surface area contributed by atoms with Crippen molar-refractivity contribution in [3.63, 3.8) is 0 Å². The SMILES string of the molecule is O=c1[nH]ncc2cc(S(=O)c3cn[nH]c3)ccc12. The predicted octanol–water partition coefficient (Wildman–Crippen LogP) is 0.813. The minimum Gasteiger partial charge on any atom is -0.284 e. The molecule has 6 nitrogen and oxygen atoms in total. The quantitative estimate of drug-likeness (QED) is 0.713. The largest absolute Gasteiger partial charge is 0.284 e. The van der Waals surface area contributed by atoms with Crippen LogP contribution in [-0.4, -0.2) is 24.6 Å². The van der Waals surface area contributed by atoms with Gasteiger partial charge in [-0.1, -0.05) is 0 Å². The lowest BCUT2D eigenvalue weighted by molar-refractivity contribution is 0.683. The summed E-state index contributed by atoms with van der Waals surface area (Å²) in [7, 11) is -1.31. The molecule has 7 heteroatoms. The molecule has 0 amide bonds. The fourth-order valence-electron chi connectivity index (χ4n) is 1.67. The number of fused-ring (bicyclic) bond motifs is 1. The van der Waals surface area contributed by atoms with Gasteiger partial charge in [0.1, 0.15) is 0 Å². The molecule has 0 fully saturated rings. The Kier molecular flexibility index (Phi) is 2.52. The molecule has 2 heterocycles. The van der Waals surface area contributed by atoms with Gasteiger partial charge in [-0.3, -0.25) is 9.89 Å². The smallest absolute Gasteiger partial charge is 0.272 e. The van der Waals surface area contributed by atoms with E-state index in [9.17, 15) is 9.00 Å². The highest BCUT2D eigenvalue weighted by molar-refractivity contribution is 7.85. The van der Waals surface area contributed by atoms with Crippen molar-refractivity contribution in [3.8, 4) is 0 Å². The summed E-state index contributed by atoms with van der Waals surface area (Å²) < 4.78 is 12.2. The highest BCUT2D eigenvalue weighted by Gasteiger charge is 2.09. The maximum atomic E-state index is 12.2. The summed E-state index contributed by atoms with van der Waals surface area (Å²) in [5, 5.41) is 13.6. The van der Waals surface area contributed by atoms with E-state index in [1.54, 1.807) is 24.4 Å². The summed E-state index contributed by atoms with van der Waals surface area (Å²) >= 11 is 0. The molecule has 2 N–H and O–H groups in total. The van der Waals surface area contributed by atoms with Crippen LogP contribution in [0.3, 0.4) is 0 Å². The molecule has 1 atom stereocenters. The summed E-state index contributed by atoms with van der Waals surface area (Å²) in [6.45, 7) is 0. The molecule has 2 aromatic heterocycles. The van der Waals surface area contributed by atoms with Crippen molar-refractivity contribution >= 4 is 21.6 Å². The van der Waals surface area contributed by atoms with Crippen LogP contribution >= 0.6 is 0 Å². The maximum Gasteiger partial charge on any atom is 0.272 e. The molecule has 3 aromatic rings. The average molecular weight is 260 g/mol. The van der Waals surface area contributed by atoms with Gasteiger partial charge in [-0.15, -0.1) is 0 Å². The van der Waals surface area contributed by atoms with Gasteiger partial charge in [0.2, 0.25) is 0 Å². The number of nitrogens with one attached hydrogen (secondary N) is 2. The van der Waals surface area contributed by atoms with Crippen molar-refractivity contribution in [1.82, 2.24) is 20.4 Å². The van der Waals surface area contributed by atoms with Crippen molar-refractivity contribution in [2.24, 2.45) is 0 Å². The number of benzene rings is 1. The fourth-order valence-corrected chi connectivity index (χ4v) is 2.67. The highest BCUT2D eigenvalue weighted by Crippen LogP contribution is 2.18. The Hall–Kier alpha value is -2.28. The lowest BCUT2D eigenvalue weighted by Crippen LogP contribution is -2.07. The minimum atomic E-state index is -1.31. The first-order chi connectivity index (χ1) is 8.75.